The molecule has 1 N–H and O–H groups in total. The number of hydrogen-bond acceptors (Lipinski definition) is 2. The number of ether oxygens (including phenoxy) is 1. The van der Waals surface area contributed by atoms with Crippen LogP contribution in [-0.4, -0.2) is 12.5 Å². The normalized spacial score (nSPS) is 10.2. The monoisotopic (exact) mass is 273 g/mol. The molecule has 0 bridgehead atoms. The Hall–Kier alpha value is -2.36. The van der Waals surface area contributed by atoms with Crippen molar-refractivity contribution < 1.29 is 13.9 Å². The number of halogens is 1. The third kappa shape index (κ3) is 3.57. The van der Waals surface area contributed by atoms with Gasteiger partial charge >= 0.3 is 0 Å². The van der Waals surface area contributed by atoms with Crippen molar-refractivity contribution in [1.29, 1.82) is 0 Å². The van der Waals surface area contributed by atoms with Gasteiger partial charge in [-0.1, -0.05) is 24.3 Å². The zero-order valence-corrected chi connectivity index (χ0v) is 11.4. The van der Waals surface area contributed by atoms with Gasteiger partial charge in [0, 0.05) is 11.8 Å². The van der Waals surface area contributed by atoms with E-state index in [0.29, 0.717) is 11.3 Å². The predicted octanol–water partition coefficient (Wildman–Crippen LogP) is 3.46. The predicted molar refractivity (Wildman–Crippen MR) is 76.4 cm³/mol. The van der Waals surface area contributed by atoms with Crippen LogP contribution in [0.15, 0.2) is 42.5 Å². The summed E-state index contributed by atoms with van der Waals surface area (Å²) < 4.78 is 18.6. The van der Waals surface area contributed by atoms with Crippen molar-refractivity contribution in [3.63, 3.8) is 0 Å². The summed E-state index contributed by atoms with van der Waals surface area (Å²) in [5.74, 6) is -0.282. The summed E-state index contributed by atoms with van der Waals surface area (Å²) >= 11 is 0. The van der Waals surface area contributed by atoms with E-state index < -0.39 is 0 Å². The molecule has 2 aromatic carbocycles. The van der Waals surface area contributed by atoms with Crippen LogP contribution in [0.3, 0.4) is 0 Å². The summed E-state index contributed by atoms with van der Waals surface area (Å²) in [6.45, 7) is 3.42. The second kappa shape index (κ2) is 6.19. The molecule has 104 valence electrons. The zero-order chi connectivity index (χ0) is 14.5. The number of carbonyl (C=O) groups excluding carboxylic acids is 1. The van der Waals surface area contributed by atoms with Crippen molar-refractivity contribution in [2.24, 2.45) is 0 Å². The first-order valence-electron chi connectivity index (χ1n) is 6.30. The maximum Gasteiger partial charge on any atom is 0.262 e. The first kappa shape index (κ1) is 14.1. The highest BCUT2D eigenvalue weighted by Crippen LogP contribution is 2.16. The summed E-state index contributed by atoms with van der Waals surface area (Å²) in [5.41, 5.74) is 2.26. The average molecular weight is 273 g/mol. The summed E-state index contributed by atoms with van der Waals surface area (Å²) in [4.78, 5) is 11.8. The highest BCUT2D eigenvalue weighted by atomic mass is 19.1. The van der Waals surface area contributed by atoms with Gasteiger partial charge < -0.3 is 10.1 Å². The van der Waals surface area contributed by atoms with Gasteiger partial charge in [0.05, 0.1) is 0 Å². The number of anilines is 1. The van der Waals surface area contributed by atoms with Crippen molar-refractivity contribution in [3.05, 3.63) is 59.4 Å². The van der Waals surface area contributed by atoms with Crippen molar-refractivity contribution in [3.8, 4) is 5.75 Å². The number of rotatable bonds is 4. The van der Waals surface area contributed by atoms with Crippen molar-refractivity contribution in [2.45, 2.75) is 13.8 Å². The zero-order valence-electron chi connectivity index (χ0n) is 11.4. The maximum atomic E-state index is 13.3. The molecule has 0 aromatic heterocycles. The molecule has 1 amide bonds. The molecule has 0 radical (unpaired) electrons. The molecule has 0 saturated carbocycles. The highest BCUT2D eigenvalue weighted by Gasteiger charge is 2.06. The second-order valence-electron chi connectivity index (χ2n) is 4.56. The van der Waals surface area contributed by atoms with Crippen LogP contribution < -0.4 is 10.1 Å². The molecule has 0 spiro atoms. The van der Waals surface area contributed by atoms with Crippen LogP contribution in [0.5, 0.6) is 5.75 Å². The van der Waals surface area contributed by atoms with Crippen molar-refractivity contribution >= 4 is 11.6 Å². The van der Waals surface area contributed by atoms with Gasteiger partial charge in [-0.15, -0.1) is 0 Å². The fraction of sp³-hybridized carbons (Fsp3) is 0.188. The van der Waals surface area contributed by atoms with Gasteiger partial charge in [-0.25, -0.2) is 4.39 Å². The summed E-state index contributed by atoms with van der Waals surface area (Å²) in [7, 11) is 0. The van der Waals surface area contributed by atoms with E-state index in [1.807, 2.05) is 31.2 Å². The minimum Gasteiger partial charge on any atom is -0.484 e. The fourth-order valence-corrected chi connectivity index (χ4v) is 1.71. The molecule has 20 heavy (non-hydrogen) atoms. The molecule has 3 nitrogen and oxygen atoms in total. The van der Waals surface area contributed by atoms with Gasteiger partial charge in [0.2, 0.25) is 0 Å². The lowest BCUT2D eigenvalue weighted by Crippen LogP contribution is -2.20. The lowest BCUT2D eigenvalue weighted by atomic mass is 10.2. The Morgan fingerprint density at radius 3 is 2.60 bits per heavy atom. The lowest BCUT2D eigenvalue weighted by Gasteiger charge is -2.09. The third-order valence-corrected chi connectivity index (χ3v) is 2.93. The van der Waals surface area contributed by atoms with Gasteiger partial charge in [0.15, 0.2) is 6.61 Å². The van der Waals surface area contributed by atoms with E-state index >= 15 is 0 Å². The summed E-state index contributed by atoms with van der Waals surface area (Å²) in [6.07, 6.45) is 0. The van der Waals surface area contributed by atoms with Crippen LogP contribution in [-0.2, 0) is 4.79 Å². The molecule has 2 rings (SSSR count). The molecule has 2 aromatic rings. The minimum absolute atomic E-state index is 0.156. The van der Waals surface area contributed by atoms with E-state index in [2.05, 4.69) is 5.32 Å². The largest absolute Gasteiger partial charge is 0.484 e. The first-order chi connectivity index (χ1) is 9.56. The lowest BCUT2D eigenvalue weighted by molar-refractivity contribution is -0.118. The fourth-order valence-electron chi connectivity index (χ4n) is 1.71. The van der Waals surface area contributed by atoms with Crippen LogP contribution in [0.2, 0.25) is 0 Å². The van der Waals surface area contributed by atoms with E-state index in [0.717, 1.165) is 11.3 Å². The van der Waals surface area contributed by atoms with Crippen LogP contribution >= 0.6 is 0 Å². The van der Waals surface area contributed by atoms with Crippen molar-refractivity contribution in [2.75, 3.05) is 11.9 Å². The molecule has 0 unspecified atom stereocenters. The topological polar surface area (TPSA) is 38.3 Å². The highest BCUT2D eigenvalue weighted by molar-refractivity contribution is 5.92. The molecule has 4 heteroatoms. The van der Waals surface area contributed by atoms with Crippen LogP contribution in [0.1, 0.15) is 11.1 Å². The second-order valence-corrected chi connectivity index (χ2v) is 4.56. The van der Waals surface area contributed by atoms with E-state index in [1.54, 1.807) is 19.1 Å². The Kier molecular flexibility index (Phi) is 4.35. The Morgan fingerprint density at radius 2 is 1.90 bits per heavy atom. The number of hydrogen-bond donors (Lipinski definition) is 1. The van der Waals surface area contributed by atoms with Gasteiger partial charge in [0.1, 0.15) is 11.6 Å². The van der Waals surface area contributed by atoms with Crippen LogP contribution in [0.25, 0.3) is 0 Å². The quantitative estimate of drug-likeness (QED) is 0.926. The molecule has 0 heterocycles. The van der Waals surface area contributed by atoms with E-state index in [-0.39, 0.29) is 18.3 Å². The SMILES string of the molecule is Cc1ccc(OCC(=O)Nc2ccccc2C)cc1F. The number of para-hydroxylation sites is 1. The number of carbonyl (C=O) groups is 1. The Balaban J connectivity index is 1.92. The molecule has 0 atom stereocenters. The molecule has 0 aliphatic heterocycles. The van der Waals surface area contributed by atoms with Gasteiger partial charge in [-0.3, -0.25) is 4.79 Å². The average Bonchev–Trinajstić information content (AvgIpc) is 2.43. The van der Waals surface area contributed by atoms with E-state index in [1.165, 1.54) is 6.07 Å². The standard InChI is InChI=1S/C16H16FNO2/c1-11-7-8-13(9-14(11)17)20-10-16(19)18-15-6-4-3-5-12(15)2/h3-9H,10H2,1-2H3,(H,18,19). The Labute approximate surface area is 117 Å². The molecular weight excluding hydrogens is 257 g/mol. The number of benzene rings is 2. The smallest absolute Gasteiger partial charge is 0.262 e. The van der Waals surface area contributed by atoms with Gasteiger partial charge in [-0.05, 0) is 37.1 Å². The number of amides is 1. The summed E-state index contributed by atoms with van der Waals surface area (Å²) in [5, 5.41) is 2.75. The molecule has 0 aliphatic carbocycles. The van der Waals surface area contributed by atoms with Crippen molar-refractivity contribution in [1.82, 2.24) is 0 Å². The van der Waals surface area contributed by atoms with Crippen LogP contribution in [0.4, 0.5) is 10.1 Å². The minimum atomic E-state index is -0.346. The number of aryl methyl sites for hydroxylation is 2. The van der Waals surface area contributed by atoms with Gasteiger partial charge in [0.25, 0.3) is 5.91 Å². The third-order valence-electron chi connectivity index (χ3n) is 2.93. The molecule has 0 saturated heterocycles. The van der Waals surface area contributed by atoms with Gasteiger partial charge in [-0.2, -0.15) is 0 Å². The Morgan fingerprint density at radius 1 is 1.15 bits per heavy atom. The number of nitrogens with one attached hydrogen (secondary N) is 1. The van der Waals surface area contributed by atoms with Crippen LogP contribution in [0, 0.1) is 19.7 Å². The van der Waals surface area contributed by atoms with E-state index in [4.69, 9.17) is 4.74 Å². The summed E-state index contributed by atoms with van der Waals surface area (Å²) in [6, 6.07) is 12.0. The van der Waals surface area contributed by atoms with E-state index in [9.17, 15) is 9.18 Å². The Bertz CT molecular complexity index is 626. The molecule has 0 aliphatic rings. The molecule has 0 fully saturated rings. The first-order valence-corrected chi connectivity index (χ1v) is 6.30. The maximum absolute atomic E-state index is 13.3. The molecular formula is C16H16FNO2.